The van der Waals surface area contributed by atoms with Crippen LogP contribution in [0.4, 0.5) is 5.69 Å². The summed E-state index contributed by atoms with van der Waals surface area (Å²) in [5, 5.41) is 0. The fourth-order valence-electron chi connectivity index (χ4n) is 2.62. The molecule has 0 saturated carbocycles. The lowest BCUT2D eigenvalue weighted by Gasteiger charge is -2.45. The highest BCUT2D eigenvalue weighted by molar-refractivity contribution is 9.10. The number of anilines is 1. The van der Waals surface area contributed by atoms with Crippen LogP contribution in [-0.4, -0.2) is 43.7 Å². The van der Waals surface area contributed by atoms with Gasteiger partial charge in [0.1, 0.15) is 0 Å². The van der Waals surface area contributed by atoms with Gasteiger partial charge in [-0.2, -0.15) is 0 Å². The molecular weight excluding hydrogens is 290 g/mol. The minimum Gasteiger partial charge on any atom is -0.364 e. The summed E-state index contributed by atoms with van der Waals surface area (Å²) < 4.78 is 1.13. The lowest BCUT2D eigenvalue weighted by molar-refractivity contribution is 0.202. The zero-order valence-electron chi connectivity index (χ0n) is 11.4. The Labute approximate surface area is 118 Å². The molecule has 2 N–H and O–H groups in total. The van der Waals surface area contributed by atoms with Gasteiger partial charge in [0.25, 0.3) is 0 Å². The van der Waals surface area contributed by atoms with Crippen LogP contribution in [0.5, 0.6) is 0 Å². The van der Waals surface area contributed by atoms with E-state index in [0.29, 0.717) is 18.6 Å². The molecule has 0 spiro atoms. The molecule has 1 aliphatic rings. The Kier molecular flexibility index (Phi) is 4.30. The molecule has 2 unspecified atom stereocenters. The average Bonchev–Trinajstić information content (AvgIpc) is 2.32. The highest BCUT2D eigenvalue weighted by Gasteiger charge is 2.29. The molecular formula is C14H22BrN3. The minimum absolute atomic E-state index is 0.408. The molecule has 1 aliphatic heterocycles. The van der Waals surface area contributed by atoms with E-state index in [1.54, 1.807) is 0 Å². The van der Waals surface area contributed by atoms with Crippen LogP contribution >= 0.6 is 15.9 Å². The van der Waals surface area contributed by atoms with E-state index >= 15 is 0 Å². The number of hydrogen-bond acceptors (Lipinski definition) is 3. The third kappa shape index (κ3) is 2.71. The van der Waals surface area contributed by atoms with Crippen molar-refractivity contribution >= 4 is 21.6 Å². The van der Waals surface area contributed by atoms with E-state index in [4.69, 9.17) is 5.73 Å². The van der Waals surface area contributed by atoms with Gasteiger partial charge in [0, 0.05) is 35.8 Å². The summed E-state index contributed by atoms with van der Waals surface area (Å²) in [6.07, 6.45) is 0. The first-order valence-corrected chi connectivity index (χ1v) is 7.25. The Morgan fingerprint density at radius 1 is 1.39 bits per heavy atom. The SMILES string of the molecule is Cc1cc(Br)ccc1N1CC(C)N(C)CC1CN. The third-order valence-corrected chi connectivity index (χ3v) is 4.39. The summed E-state index contributed by atoms with van der Waals surface area (Å²) in [6, 6.07) is 7.45. The summed E-state index contributed by atoms with van der Waals surface area (Å²) in [5.74, 6) is 0. The third-order valence-electron chi connectivity index (χ3n) is 3.89. The van der Waals surface area contributed by atoms with E-state index in [9.17, 15) is 0 Å². The summed E-state index contributed by atoms with van der Waals surface area (Å²) >= 11 is 3.52. The van der Waals surface area contributed by atoms with E-state index in [1.165, 1.54) is 11.3 Å². The van der Waals surface area contributed by atoms with Crippen molar-refractivity contribution in [3.8, 4) is 0 Å². The predicted octanol–water partition coefficient (Wildman–Crippen LogP) is 2.23. The van der Waals surface area contributed by atoms with Gasteiger partial charge in [-0.1, -0.05) is 15.9 Å². The van der Waals surface area contributed by atoms with Gasteiger partial charge in [0.15, 0.2) is 0 Å². The van der Waals surface area contributed by atoms with Crippen molar-refractivity contribution in [1.29, 1.82) is 0 Å². The molecule has 1 aromatic carbocycles. The standard InChI is InChI=1S/C14H22BrN3/c1-10-6-12(15)4-5-14(10)18-8-11(2)17(3)9-13(18)7-16/h4-6,11,13H,7-9,16H2,1-3H3. The number of aryl methyl sites for hydroxylation is 1. The number of hydrogen-bond donors (Lipinski definition) is 1. The van der Waals surface area contributed by atoms with Crippen molar-refractivity contribution in [3.05, 3.63) is 28.2 Å². The lowest BCUT2D eigenvalue weighted by Crippen LogP contribution is -2.58. The molecule has 0 amide bonds. The van der Waals surface area contributed by atoms with Gasteiger partial charge >= 0.3 is 0 Å². The zero-order chi connectivity index (χ0) is 13.3. The van der Waals surface area contributed by atoms with Gasteiger partial charge in [-0.3, -0.25) is 4.90 Å². The first-order valence-electron chi connectivity index (χ1n) is 6.46. The topological polar surface area (TPSA) is 32.5 Å². The largest absolute Gasteiger partial charge is 0.364 e. The molecule has 100 valence electrons. The first kappa shape index (κ1) is 13.8. The number of benzene rings is 1. The number of nitrogens with zero attached hydrogens (tertiary/aromatic N) is 2. The van der Waals surface area contributed by atoms with Crippen LogP contribution in [0.1, 0.15) is 12.5 Å². The summed E-state index contributed by atoms with van der Waals surface area (Å²) in [7, 11) is 2.18. The smallest absolute Gasteiger partial charge is 0.0540 e. The Morgan fingerprint density at radius 2 is 2.11 bits per heavy atom. The molecule has 1 fully saturated rings. The van der Waals surface area contributed by atoms with Crippen LogP contribution in [0, 0.1) is 6.92 Å². The number of nitrogens with two attached hydrogens (primary N) is 1. The van der Waals surface area contributed by atoms with Gasteiger partial charge < -0.3 is 10.6 Å². The van der Waals surface area contributed by atoms with Crippen molar-refractivity contribution in [3.63, 3.8) is 0 Å². The lowest BCUT2D eigenvalue weighted by atomic mass is 10.0. The quantitative estimate of drug-likeness (QED) is 0.909. The number of halogens is 1. The Bertz CT molecular complexity index is 422. The summed E-state index contributed by atoms with van der Waals surface area (Å²) in [5.41, 5.74) is 8.56. The molecule has 0 aliphatic carbocycles. The molecule has 4 heteroatoms. The number of likely N-dealkylation sites (N-methyl/N-ethyl adjacent to an activating group) is 1. The molecule has 3 nitrogen and oxygen atoms in total. The van der Waals surface area contributed by atoms with Crippen LogP contribution in [0.25, 0.3) is 0 Å². The van der Waals surface area contributed by atoms with Crippen molar-refractivity contribution in [2.24, 2.45) is 5.73 Å². The second kappa shape index (κ2) is 5.59. The van der Waals surface area contributed by atoms with Gasteiger partial charge in [0.05, 0.1) is 6.04 Å². The van der Waals surface area contributed by atoms with E-state index in [1.807, 2.05) is 0 Å². The molecule has 2 atom stereocenters. The van der Waals surface area contributed by atoms with E-state index < -0.39 is 0 Å². The molecule has 0 bridgehead atoms. The van der Waals surface area contributed by atoms with Crippen molar-refractivity contribution < 1.29 is 0 Å². The van der Waals surface area contributed by atoms with Crippen molar-refractivity contribution in [1.82, 2.24) is 4.90 Å². The van der Waals surface area contributed by atoms with E-state index in [-0.39, 0.29) is 0 Å². The van der Waals surface area contributed by atoms with Gasteiger partial charge in [-0.05, 0) is 44.7 Å². The van der Waals surface area contributed by atoms with Crippen molar-refractivity contribution in [2.45, 2.75) is 25.9 Å². The summed E-state index contributed by atoms with van der Waals surface area (Å²) in [6.45, 7) is 7.21. The molecule has 0 aromatic heterocycles. The monoisotopic (exact) mass is 311 g/mol. The highest BCUT2D eigenvalue weighted by Crippen LogP contribution is 2.28. The number of rotatable bonds is 2. The fourth-order valence-corrected chi connectivity index (χ4v) is 3.10. The maximum absolute atomic E-state index is 5.94. The predicted molar refractivity (Wildman–Crippen MR) is 81.2 cm³/mol. The molecule has 18 heavy (non-hydrogen) atoms. The Hall–Kier alpha value is -0.580. The van der Waals surface area contributed by atoms with Gasteiger partial charge in [0.2, 0.25) is 0 Å². The van der Waals surface area contributed by atoms with Gasteiger partial charge in [-0.15, -0.1) is 0 Å². The summed E-state index contributed by atoms with van der Waals surface area (Å²) in [4.78, 5) is 4.86. The molecule has 1 aromatic rings. The van der Waals surface area contributed by atoms with E-state index in [2.05, 4.69) is 64.8 Å². The maximum atomic E-state index is 5.94. The van der Waals surface area contributed by atoms with E-state index in [0.717, 1.165) is 17.6 Å². The van der Waals surface area contributed by atoms with Crippen molar-refractivity contribution in [2.75, 3.05) is 31.6 Å². The highest BCUT2D eigenvalue weighted by atomic mass is 79.9. The molecule has 1 heterocycles. The van der Waals surface area contributed by atoms with Crippen LogP contribution in [0.15, 0.2) is 22.7 Å². The normalized spacial score (nSPS) is 25.5. The van der Waals surface area contributed by atoms with Crippen LogP contribution in [-0.2, 0) is 0 Å². The Morgan fingerprint density at radius 3 is 2.72 bits per heavy atom. The first-order chi connectivity index (χ1) is 8.52. The molecule has 0 radical (unpaired) electrons. The number of piperazine rings is 1. The maximum Gasteiger partial charge on any atom is 0.0540 e. The van der Waals surface area contributed by atoms with Gasteiger partial charge in [-0.25, -0.2) is 0 Å². The van der Waals surface area contributed by atoms with Crippen LogP contribution < -0.4 is 10.6 Å². The average molecular weight is 312 g/mol. The molecule has 2 rings (SSSR count). The Balaban J connectivity index is 2.29. The second-order valence-corrected chi connectivity index (χ2v) is 6.18. The molecule has 1 saturated heterocycles. The fraction of sp³-hybridized carbons (Fsp3) is 0.571. The second-order valence-electron chi connectivity index (χ2n) is 5.26. The zero-order valence-corrected chi connectivity index (χ0v) is 12.9. The van der Waals surface area contributed by atoms with Crippen LogP contribution in [0.2, 0.25) is 0 Å². The minimum atomic E-state index is 0.408. The van der Waals surface area contributed by atoms with Crippen LogP contribution in [0.3, 0.4) is 0 Å².